The van der Waals surface area contributed by atoms with Crippen LogP contribution >= 0.6 is 0 Å². The number of halogens is 4. The minimum atomic E-state index is -4.50. The van der Waals surface area contributed by atoms with E-state index < -0.39 is 17.6 Å². The van der Waals surface area contributed by atoms with Gasteiger partial charge in [-0.15, -0.1) is 0 Å². The van der Waals surface area contributed by atoms with E-state index >= 15 is 0 Å². The lowest BCUT2D eigenvalue weighted by molar-refractivity contribution is -0.137. The van der Waals surface area contributed by atoms with Gasteiger partial charge in [-0.05, 0) is 61.6 Å². The van der Waals surface area contributed by atoms with E-state index in [0.717, 1.165) is 17.9 Å². The zero-order valence-electron chi connectivity index (χ0n) is 11.0. The highest BCUT2D eigenvalue weighted by Crippen LogP contribution is 2.49. The maximum absolute atomic E-state index is 13.7. The quantitative estimate of drug-likeness (QED) is 0.774. The van der Waals surface area contributed by atoms with Gasteiger partial charge in [-0.3, -0.25) is 0 Å². The Morgan fingerprint density at radius 3 is 2.15 bits per heavy atom. The molecule has 2 saturated carbocycles. The number of benzene rings is 1. The maximum atomic E-state index is 13.7. The first kappa shape index (κ1) is 13.7. The summed E-state index contributed by atoms with van der Waals surface area (Å²) in [5, 5.41) is 2.99. The highest BCUT2D eigenvalue weighted by molar-refractivity contribution is 5.47. The molecule has 0 radical (unpaired) electrons. The summed E-state index contributed by atoms with van der Waals surface area (Å²) < 4.78 is 51.1. The van der Waals surface area contributed by atoms with Gasteiger partial charge in [0, 0.05) is 6.54 Å². The minimum Gasteiger partial charge on any atom is -0.382 e. The third-order valence-corrected chi connectivity index (χ3v) is 4.28. The average Bonchev–Trinajstić information content (AvgIpc) is 3.24. The molecule has 1 N–H and O–H groups in total. The van der Waals surface area contributed by atoms with Crippen molar-refractivity contribution in [2.24, 2.45) is 17.8 Å². The van der Waals surface area contributed by atoms with Crippen LogP contribution in [0, 0.1) is 23.6 Å². The minimum absolute atomic E-state index is 0.171. The van der Waals surface area contributed by atoms with E-state index in [1.165, 1.54) is 31.7 Å². The second-order valence-corrected chi connectivity index (χ2v) is 5.91. The zero-order valence-corrected chi connectivity index (χ0v) is 11.0. The number of alkyl halides is 3. The number of rotatable bonds is 5. The molecule has 110 valence electrons. The van der Waals surface area contributed by atoms with Gasteiger partial charge in [0.25, 0.3) is 0 Å². The van der Waals surface area contributed by atoms with Crippen molar-refractivity contribution in [1.29, 1.82) is 0 Å². The van der Waals surface area contributed by atoms with E-state index in [9.17, 15) is 17.6 Å². The van der Waals surface area contributed by atoms with Crippen LogP contribution in [-0.4, -0.2) is 6.54 Å². The Morgan fingerprint density at radius 2 is 1.70 bits per heavy atom. The summed E-state index contributed by atoms with van der Waals surface area (Å²) in [6, 6.07) is 2.68. The molecule has 0 aliphatic heterocycles. The number of hydrogen-bond donors (Lipinski definition) is 1. The smallest absolute Gasteiger partial charge is 0.382 e. The first-order valence-electron chi connectivity index (χ1n) is 7.06. The summed E-state index contributed by atoms with van der Waals surface area (Å²) in [5.41, 5.74) is -0.772. The summed E-state index contributed by atoms with van der Waals surface area (Å²) in [6.07, 6.45) is 0.442. The molecule has 0 saturated heterocycles. The lowest BCUT2D eigenvalue weighted by atomic mass is 9.98. The van der Waals surface area contributed by atoms with E-state index in [4.69, 9.17) is 0 Å². The van der Waals surface area contributed by atoms with Gasteiger partial charge in [0.05, 0.1) is 11.3 Å². The molecule has 2 aliphatic carbocycles. The van der Waals surface area contributed by atoms with E-state index in [0.29, 0.717) is 18.5 Å². The van der Waals surface area contributed by atoms with Crippen molar-refractivity contribution in [2.45, 2.75) is 31.9 Å². The molecule has 2 fully saturated rings. The van der Waals surface area contributed by atoms with Crippen LogP contribution in [0.2, 0.25) is 0 Å². The van der Waals surface area contributed by atoms with Crippen molar-refractivity contribution in [1.82, 2.24) is 0 Å². The predicted molar refractivity (Wildman–Crippen MR) is 68.8 cm³/mol. The number of nitrogens with one attached hydrogen (secondary N) is 1. The molecule has 0 unspecified atom stereocenters. The molecule has 2 aliphatic rings. The van der Waals surface area contributed by atoms with Gasteiger partial charge in [-0.2, -0.15) is 13.2 Å². The Kier molecular flexibility index (Phi) is 3.38. The standard InChI is InChI=1S/C15H17F4N/c16-13-7-11(15(17,18)19)5-6-14(13)20-8-12(9-1-2-9)10-3-4-10/h5-7,9-10,12,20H,1-4,8H2. The largest absolute Gasteiger partial charge is 0.416 e. The van der Waals surface area contributed by atoms with Crippen molar-refractivity contribution >= 4 is 5.69 Å². The van der Waals surface area contributed by atoms with Crippen LogP contribution in [-0.2, 0) is 6.18 Å². The first-order chi connectivity index (χ1) is 9.45. The summed E-state index contributed by atoms with van der Waals surface area (Å²) >= 11 is 0. The second-order valence-electron chi connectivity index (χ2n) is 5.91. The van der Waals surface area contributed by atoms with Gasteiger partial charge in [0.1, 0.15) is 5.82 Å². The van der Waals surface area contributed by atoms with Crippen LogP contribution in [0.3, 0.4) is 0 Å². The van der Waals surface area contributed by atoms with Gasteiger partial charge in [-0.25, -0.2) is 4.39 Å². The zero-order chi connectivity index (χ0) is 14.3. The molecular formula is C15H17F4N. The van der Waals surface area contributed by atoms with Crippen LogP contribution in [0.25, 0.3) is 0 Å². The van der Waals surface area contributed by atoms with Crippen molar-refractivity contribution in [3.63, 3.8) is 0 Å². The van der Waals surface area contributed by atoms with Crippen LogP contribution in [0.15, 0.2) is 18.2 Å². The van der Waals surface area contributed by atoms with Gasteiger partial charge in [0.15, 0.2) is 0 Å². The van der Waals surface area contributed by atoms with Crippen molar-refractivity contribution in [3.05, 3.63) is 29.6 Å². The molecular weight excluding hydrogens is 270 g/mol. The molecule has 3 rings (SSSR count). The third kappa shape index (κ3) is 3.07. The Morgan fingerprint density at radius 1 is 1.10 bits per heavy atom. The summed E-state index contributed by atoms with van der Waals surface area (Å²) in [4.78, 5) is 0. The maximum Gasteiger partial charge on any atom is 0.416 e. The van der Waals surface area contributed by atoms with Crippen molar-refractivity contribution in [2.75, 3.05) is 11.9 Å². The van der Waals surface area contributed by atoms with E-state index in [1.54, 1.807) is 0 Å². The number of hydrogen-bond acceptors (Lipinski definition) is 1. The summed E-state index contributed by atoms with van der Waals surface area (Å²) in [5.74, 6) is 1.18. The normalized spacial score (nSPS) is 19.4. The second kappa shape index (κ2) is 4.93. The highest BCUT2D eigenvalue weighted by Gasteiger charge is 2.41. The fourth-order valence-corrected chi connectivity index (χ4v) is 2.83. The van der Waals surface area contributed by atoms with E-state index in [1.807, 2.05) is 0 Å². The van der Waals surface area contributed by atoms with Crippen molar-refractivity contribution < 1.29 is 17.6 Å². The lowest BCUT2D eigenvalue weighted by Gasteiger charge is -2.18. The molecule has 0 bridgehead atoms. The van der Waals surface area contributed by atoms with E-state index in [2.05, 4.69) is 5.32 Å². The topological polar surface area (TPSA) is 12.0 Å². The van der Waals surface area contributed by atoms with Gasteiger partial charge in [-0.1, -0.05) is 0 Å². The Balaban J connectivity index is 1.65. The van der Waals surface area contributed by atoms with Crippen LogP contribution in [0.5, 0.6) is 0 Å². The molecule has 20 heavy (non-hydrogen) atoms. The summed E-state index contributed by atoms with van der Waals surface area (Å²) in [7, 11) is 0. The van der Waals surface area contributed by atoms with Gasteiger partial charge < -0.3 is 5.32 Å². The summed E-state index contributed by atoms with van der Waals surface area (Å²) in [6.45, 7) is 0.664. The third-order valence-electron chi connectivity index (χ3n) is 4.28. The lowest BCUT2D eigenvalue weighted by Crippen LogP contribution is -2.19. The van der Waals surface area contributed by atoms with Crippen LogP contribution < -0.4 is 5.32 Å². The molecule has 0 amide bonds. The molecule has 0 heterocycles. The van der Waals surface area contributed by atoms with Crippen molar-refractivity contribution in [3.8, 4) is 0 Å². The number of anilines is 1. The first-order valence-corrected chi connectivity index (χ1v) is 7.06. The average molecular weight is 287 g/mol. The molecule has 0 spiro atoms. The SMILES string of the molecule is Fc1cc(C(F)(F)F)ccc1NCC(C1CC1)C1CC1. The molecule has 1 aromatic rings. The predicted octanol–water partition coefficient (Wildman–Crippen LogP) is 4.69. The van der Waals surface area contributed by atoms with Crippen LogP contribution in [0.1, 0.15) is 31.2 Å². The fourth-order valence-electron chi connectivity index (χ4n) is 2.83. The molecule has 5 heteroatoms. The molecule has 1 nitrogen and oxygen atoms in total. The fraction of sp³-hybridized carbons (Fsp3) is 0.600. The Hall–Kier alpha value is -1.26. The Labute approximate surface area is 115 Å². The monoisotopic (exact) mass is 287 g/mol. The molecule has 0 atom stereocenters. The molecule has 1 aromatic carbocycles. The van der Waals surface area contributed by atoms with Gasteiger partial charge in [0.2, 0.25) is 0 Å². The van der Waals surface area contributed by atoms with E-state index in [-0.39, 0.29) is 5.69 Å². The molecule has 0 aromatic heterocycles. The highest BCUT2D eigenvalue weighted by atomic mass is 19.4. The van der Waals surface area contributed by atoms with Gasteiger partial charge >= 0.3 is 6.18 Å². The van der Waals surface area contributed by atoms with Crippen LogP contribution in [0.4, 0.5) is 23.2 Å². The Bertz CT molecular complexity index is 477.